The Kier molecular flexibility index (Phi) is 6.37. The Hall–Kier alpha value is -2.41. The van der Waals surface area contributed by atoms with Gasteiger partial charge in [-0.3, -0.25) is 4.79 Å². The zero-order chi connectivity index (χ0) is 19.3. The van der Waals surface area contributed by atoms with Gasteiger partial charge < -0.3 is 9.08 Å². The molecular weight excluding hydrogens is 357 g/mol. The van der Waals surface area contributed by atoms with Crippen LogP contribution in [0.25, 0.3) is 0 Å². The van der Waals surface area contributed by atoms with Crippen LogP contribution in [-0.2, 0) is 28.0 Å². The van der Waals surface area contributed by atoms with Crippen LogP contribution in [-0.4, -0.2) is 24.5 Å². The molecule has 1 amide bonds. The van der Waals surface area contributed by atoms with Crippen LogP contribution in [0.5, 0.6) is 5.75 Å². The van der Waals surface area contributed by atoms with E-state index in [-0.39, 0.29) is 17.5 Å². The topological polar surface area (TPSA) is 63.7 Å². The van der Waals surface area contributed by atoms with Crippen LogP contribution in [0, 0.1) is 5.82 Å². The fraction of sp³-hybridized carbons (Fsp3) is 0.316. The van der Waals surface area contributed by atoms with Gasteiger partial charge in [-0.05, 0) is 49.2 Å². The van der Waals surface area contributed by atoms with E-state index in [1.54, 1.807) is 55.1 Å². The first-order chi connectivity index (χ1) is 12.2. The number of hydrogen-bond donors (Lipinski definition) is 0. The molecule has 0 unspecified atom stereocenters. The zero-order valence-corrected chi connectivity index (χ0v) is 15.8. The highest BCUT2D eigenvalue weighted by atomic mass is 32.2. The highest BCUT2D eigenvalue weighted by Gasteiger charge is 2.18. The lowest BCUT2D eigenvalue weighted by molar-refractivity contribution is -0.130. The molecule has 26 heavy (non-hydrogen) atoms. The molecule has 0 aromatic heterocycles. The largest absolute Gasteiger partial charge is 0.382 e. The molecule has 0 aliphatic rings. The van der Waals surface area contributed by atoms with E-state index in [9.17, 15) is 17.6 Å². The summed E-state index contributed by atoms with van der Waals surface area (Å²) in [7, 11) is -3.64. The van der Waals surface area contributed by atoms with E-state index < -0.39 is 15.4 Å². The summed E-state index contributed by atoms with van der Waals surface area (Å²) in [5, 5.41) is -0.633. The Morgan fingerprint density at radius 1 is 1.00 bits per heavy atom. The van der Waals surface area contributed by atoms with E-state index in [0.29, 0.717) is 13.1 Å². The van der Waals surface area contributed by atoms with Crippen LogP contribution in [0.4, 0.5) is 4.39 Å². The van der Waals surface area contributed by atoms with Crippen LogP contribution in [0.3, 0.4) is 0 Å². The van der Waals surface area contributed by atoms with Gasteiger partial charge in [-0.2, -0.15) is 8.42 Å². The first-order valence-corrected chi connectivity index (χ1v) is 9.66. The van der Waals surface area contributed by atoms with Gasteiger partial charge in [0, 0.05) is 20.0 Å². The minimum atomic E-state index is -3.64. The Morgan fingerprint density at radius 2 is 1.46 bits per heavy atom. The smallest absolute Gasteiger partial charge is 0.311 e. The number of carbonyl (C=O) groups is 1. The van der Waals surface area contributed by atoms with E-state index in [0.717, 1.165) is 11.1 Å². The maximum atomic E-state index is 13.0. The minimum absolute atomic E-state index is 0.114. The van der Waals surface area contributed by atoms with Crippen molar-refractivity contribution in [2.75, 3.05) is 0 Å². The van der Waals surface area contributed by atoms with Gasteiger partial charge in [0.05, 0.1) is 5.25 Å². The van der Waals surface area contributed by atoms with Gasteiger partial charge in [0.1, 0.15) is 11.6 Å². The van der Waals surface area contributed by atoms with Crippen LogP contribution < -0.4 is 4.18 Å². The molecular formula is C19H22FNO4S. The Labute approximate surface area is 153 Å². The predicted octanol–water partition coefficient (Wildman–Crippen LogP) is 3.49. The van der Waals surface area contributed by atoms with Crippen molar-refractivity contribution in [1.82, 2.24) is 4.90 Å². The standard InChI is InChI=1S/C19H22FNO4S/c1-14(2)26(23,24)25-19-10-6-17(7-11-19)13-21(15(3)22)12-16-4-8-18(20)9-5-16/h4-11,14H,12-13H2,1-3H3. The molecule has 2 aromatic carbocycles. The van der Waals surface area contributed by atoms with Gasteiger partial charge in [-0.25, -0.2) is 4.39 Å². The summed E-state index contributed by atoms with van der Waals surface area (Å²) < 4.78 is 41.6. The van der Waals surface area contributed by atoms with Crippen molar-refractivity contribution in [3.63, 3.8) is 0 Å². The molecule has 7 heteroatoms. The van der Waals surface area contributed by atoms with Crippen LogP contribution in [0.2, 0.25) is 0 Å². The van der Waals surface area contributed by atoms with Gasteiger partial charge in [-0.1, -0.05) is 24.3 Å². The lowest BCUT2D eigenvalue weighted by Crippen LogP contribution is -2.27. The van der Waals surface area contributed by atoms with Crippen molar-refractivity contribution in [1.29, 1.82) is 0 Å². The van der Waals surface area contributed by atoms with Crippen LogP contribution in [0.1, 0.15) is 31.9 Å². The van der Waals surface area contributed by atoms with Gasteiger partial charge >= 0.3 is 10.1 Å². The summed E-state index contributed by atoms with van der Waals surface area (Å²) in [4.78, 5) is 13.5. The average molecular weight is 379 g/mol. The third kappa shape index (κ3) is 5.56. The molecule has 0 N–H and O–H groups in total. The van der Waals surface area contributed by atoms with Gasteiger partial charge in [-0.15, -0.1) is 0 Å². The third-order valence-electron chi connectivity index (χ3n) is 3.82. The normalized spacial score (nSPS) is 11.4. The Morgan fingerprint density at radius 3 is 1.88 bits per heavy atom. The number of halogens is 1. The van der Waals surface area contributed by atoms with E-state index in [2.05, 4.69) is 0 Å². The van der Waals surface area contributed by atoms with Crippen molar-refractivity contribution >= 4 is 16.0 Å². The van der Waals surface area contributed by atoms with Gasteiger partial charge in [0.25, 0.3) is 0 Å². The molecule has 0 heterocycles. The van der Waals surface area contributed by atoms with Crippen LogP contribution in [0.15, 0.2) is 48.5 Å². The van der Waals surface area contributed by atoms with Crippen molar-refractivity contribution in [3.8, 4) is 5.75 Å². The van der Waals surface area contributed by atoms with Crippen LogP contribution >= 0.6 is 0 Å². The van der Waals surface area contributed by atoms with Crippen molar-refractivity contribution in [2.24, 2.45) is 0 Å². The number of rotatable bonds is 7. The lowest BCUT2D eigenvalue weighted by atomic mass is 10.1. The fourth-order valence-corrected chi connectivity index (χ4v) is 2.76. The predicted molar refractivity (Wildman–Crippen MR) is 97.5 cm³/mol. The molecule has 0 saturated carbocycles. The van der Waals surface area contributed by atoms with E-state index in [1.165, 1.54) is 19.1 Å². The molecule has 0 bridgehead atoms. The number of benzene rings is 2. The summed E-state index contributed by atoms with van der Waals surface area (Å²) in [5.41, 5.74) is 1.65. The number of amides is 1. The van der Waals surface area contributed by atoms with E-state index in [4.69, 9.17) is 4.18 Å². The van der Waals surface area contributed by atoms with Crippen molar-refractivity contribution < 1.29 is 21.8 Å². The number of carbonyl (C=O) groups excluding carboxylic acids is 1. The molecule has 0 aliphatic carbocycles. The monoisotopic (exact) mass is 379 g/mol. The molecule has 5 nitrogen and oxygen atoms in total. The SMILES string of the molecule is CC(=O)N(Cc1ccc(F)cc1)Cc1ccc(OS(=O)(=O)C(C)C)cc1. The van der Waals surface area contributed by atoms with E-state index >= 15 is 0 Å². The highest BCUT2D eigenvalue weighted by Crippen LogP contribution is 2.18. The second-order valence-electron chi connectivity index (χ2n) is 6.27. The second kappa shape index (κ2) is 8.31. The molecule has 2 rings (SSSR count). The number of nitrogens with zero attached hydrogens (tertiary/aromatic N) is 1. The first kappa shape index (κ1) is 19.9. The molecule has 0 saturated heterocycles. The maximum Gasteiger partial charge on any atom is 0.311 e. The minimum Gasteiger partial charge on any atom is -0.382 e. The summed E-state index contributed by atoms with van der Waals surface area (Å²) >= 11 is 0. The first-order valence-electron chi connectivity index (χ1n) is 8.19. The fourth-order valence-electron chi connectivity index (χ4n) is 2.19. The number of hydrogen-bond acceptors (Lipinski definition) is 4. The summed E-state index contributed by atoms with van der Waals surface area (Å²) in [6, 6.07) is 12.5. The van der Waals surface area contributed by atoms with Crippen molar-refractivity contribution in [3.05, 3.63) is 65.5 Å². The third-order valence-corrected chi connectivity index (χ3v) is 5.40. The second-order valence-corrected chi connectivity index (χ2v) is 8.37. The summed E-state index contributed by atoms with van der Waals surface area (Å²) in [6.45, 7) is 5.27. The van der Waals surface area contributed by atoms with Crippen molar-refractivity contribution in [2.45, 2.75) is 39.1 Å². The molecule has 0 aliphatic heterocycles. The molecule has 0 fully saturated rings. The lowest BCUT2D eigenvalue weighted by Gasteiger charge is -2.21. The zero-order valence-electron chi connectivity index (χ0n) is 15.0. The highest BCUT2D eigenvalue weighted by molar-refractivity contribution is 7.87. The molecule has 140 valence electrons. The molecule has 0 spiro atoms. The average Bonchev–Trinajstić information content (AvgIpc) is 2.57. The Bertz CT molecular complexity index is 846. The molecule has 0 atom stereocenters. The summed E-state index contributed by atoms with van der Waals surface area (Å²) in [6.07, 6.45) is 0. The Balaban J connectivity index is 2.07. The molecule has 0 radical (unpaired) electrons. The van der Waals surface area contributed by atoms with E-state index in [1.807, 2.05) is 0 Å². The molecule has 2 aromatic rings. The maximum absolute atomic E-state index is 13.0. The quantitative estimate of drug-likeness (QED) is 0.691. The summed E-state index contributed by atoms with van der Waals surface area (Å²) in [5.74, 6) is -0.206. The van der Waals surface area contributed by atoms with Gasteiger partial charge in [0.15, 0.2) is 0 Å². The van der Waals surface area contributed by atoms with Gasteiger partial charge in [0.2, 0.25) is 5.91 Å².